The third-order valence-corrected chi connectivity index (χ3v) is 4.04. The maximum absolute atomic E-state index is 11.8. The molecule has 20 heavy (non-hydrogen) atoms. The molecule has 2 aromatic rings. The molecule has 0 spiro atoms. The van der Waals surface area contributed by atoms with Crippen LogP contribution in [0, 0.1) is 13.8 Å². The third-order valence-electron chi connectivity index (χ3n) is 2.85. The first kappa shape index (κ1) is 14.4. The third kappa shape index (κ3) is 3.50. The minimum atomic E-state index is -0.271. The van der Waals surface area contributed by atoms with Gasteiger partial charge in [-0.2, -0.15) is 5.21 Å². The Hall–Kier alpha value is -2.03. The first-order chi connectivity index (χ1) is 9.60. The lowest BCUT2D eigenvalue weighted by molar-refractivity contribution is 0.236. The van der Waals surface area contributed by atoms with Gasteiger partial charge in [0.15, 0.2) is 5.82 Å². The Morgan fingerprint density at radius 2 is 2.25 bits per heavy atom. The van der Waals surface area contributed by atoms with Crippen LogP contribution in [-0.4, -0.2) is 31.6 Å². The minimum absolute atomic E-state index is 0.0855. The molecule has 0 aromatic carbocycles. The second-order valence-electron chi connectivity index (χ2n) is 4.31. The standard InChI is InChI=1S/C11H17N7OS/c1-4-8(10-13-6(2)7(3)20-10)14-11(19)12-5-9-15-17-18-16-9/h8H,4-5H2,1-3H3,(H2,12,14,19)(H,15,16,17,18)/t8-/m1/s1. The molecule has 3 N–H and O–H groups in total. The molecule has 2 heterocycles. The first-order valence-electron chi connectivity index (χ1n) is 6.30. The number of aromatic amines is 1. The maximum atomic E-state index is 11.8. The normalized spacial score (nSPS) is 12.2. The summed E-state index contributed by atoms with van der Waals surface area (Å²) < 4.78 is 0. The molecule has 0 saturated heterocycles. The van der Waals surface area contributed by atoms with Crippen molar-refractivity contribution in [2.75, 3.05) is 0 Å². The highest BCUT2D eigenvalue weighted by atomic mass is 32.1. The predicted octanol–water partition coefficient (Wildman–Crippen LogP) is 1.22. The van der Waals surface area contributed by atoms with Crippen LogP contribution in [0.5, 0.6) is 0 Å². The zero-order valence-corrected chi connectivity index (χ0v) is 12.4. The Bertz CT molecular complexity index is 546. The molecule has 0 saturated carbocycles. The second kappa shape index (κ2) is 6.42. The van der Waals surface area contributed by atoms with Crippen LogP contribution < -0.4 is 10.6 Å². The number of tetrazole rings is 1. The van der Waals surface area contributed by atoms with Crippen LogP contribution in [0.1, 0.15) is 40.8 Å². The molecular weight excluding hydrogens is 278 g/mol. The zero-order chi connectivity index (χ0) is 14.5. The fraction of sp³-hybridized carbons (Fsp3) is 0.545. The number of rotatable bonds is 5. The van der Waals surface area contributed by atoms with Crippen LogP contribution in [0.2, 0.25) is 0 Å². The Balaban J connectivity index is 1.90. The number of H-pyrrole nitrogens is 1. The van der Waals surface area contributed by atoms with Crippen LogP contribution in [0.25, 0.3) is 0 Å². The lowest BCUT2D eigenvalue weighted by Gasteiger charge is -2.14. The van der Waals surface area contributed by atoms with Crippen molar-refractivity contribution in [3.63, 3.8) is 0 Å². The van der Waals surface area contributed by atoms with Crippen molar-refractivity contribution in [2.24, 2.45) is 0 Å². The van der Waals surface area contributed by atoms with Gasteiger partial charge in [-0.3, -0.25) is 0 Å². The molecule has 0 radical (unpaired) electrons. The number of carbonyl (C=O) groups is 1. The van der Waals surface area contributed by atoms with Gasteiger partial charge < -0.3 is 10.6 Å². The molecule has 0 aliphatic rings. The van der Waals surface area contributed by atoms with Crippen LogP contribution >= 0.6 is 11.3 Å². The quantitative estimate of drug-likeness (QED) is 0.768. The van der Waals surface area contributed by atoms with E-state index in [-0.39, 0.29) is 18.6 Å². The number of carbonyl (C=O) groups excluding carboxylic acids is 1. The van der Waals surface area contributed by atoms with Gasteiger partial charge in [-0.25, -0.2) is 9.78 Å². The highest BCUT2D eigenvalue weighted by molar-refractivity contribution is 7.11. The van der Waals surface area contributed by atoms with Crippen LogP contribution in [-0.2, 0) is 6.54 Å². The molecule has 0 bridgehead atoms. The monoisotopic (exact) mass is 295 g/mol. The molecule has 1 atom stereocenters. The Morgan fingerprint density at radius 3 is 2.80 bits per heavy atom. The average Bonchev–Trinajstić information content (AvgIpc) is 3.04. The summed E-state index contributed by atoms with van der Waals surface area (Å²) >= 11 is 1.61. The lowest BCUT2D eigenvalue weighted by atomic mass is 10.2. The number of hydrogen-bond acceptors (Lipinski definition) is 6. The van der Waals surface area contributed by atoms with E-state index >= 15 is 0 Å². The SMILES string of the molecule is CC[C@@H](NC(=O)NCc1nn[nH]n1)c1nc(C)c(C)s1. The van der Waals surface area contributed by atoms with Gasteiger partial charge in [0.2, 0.25) is 0 Å². The largest absolute Gasteiger partial charge is 0.331 e. The topological polar surface area (TPSA) is 108 Å². The molecule has 2 amide bonds. The number of aromatic nitrogens is 5. The number of aryl methyl sites for hydroxylation is 2. The van der Waals surface area contributed by atoms with E-state index in [1.54, 1.807) is 11.3 Å². The van der Waals surface area contributed by atoms with Gasteiger partial charge in [0, 0.05) is 4.88 Å². The predicted molar refractivity (Wildman–Crippen MR) is 74.2 cm³/mol. The molecule has 0 unspecified atom stereocenters. The highest BCUT2D eigenvalue weighted by Crippen LogP contribution is 2.24. The van der Waals surface area contributed by atoms with Crippen LogP contribution in [0.4, 0.5) is 4.79 Å². The highest BCUT2D eigenvalue weighted by Gasteiger charge is 2.17. The van der Waals surface area contributed by atoms with E-state index in [1.165, 1.54) is 4.88 Å². The van der Waals surface area contributed by atoms with E-state index in [4.69, 9.17) is 0 Å². The van der Waals surface area contributed by atoms with E-state index < -0.39 is 0 Å². The van der Waals surface area contributed by atoms with E-state index in [2.05, 4.69) is 36.2 Å². The Morgan fingerprint density at radius 1 is 1.45 bits per heavy atom. The molecule has 9 heteroatoms. The number of amides is 2. The maximum Gasteiger partial charge on any atom is 0.315 e. The molecule has 0 aliphatic carbocycles. The molecular formula is C11H17N7OS. The van der Waals surface area contributed by atoms with Gasteiger partial charge in [0.05, 0.1) is 18.3 Å². The number of nitrogens with one attached hydrogen (secondary N) is 3. The molecule has 8 nitrogen and oxygen atoms in total. The molecule has 2 aromatic heterocycles. The van der Waals surface area contributed by atoms with E-state index in [0.717, 1.165) is 17.1 Å². The van der Waals surface area contributed by atoms with E-state index in [0.29, 0.717) is 5.82 Å². The second-order valence-corrected chi connectivity index (χ2v) is 5.54. The van der Waals surface area contributed by atoms with Gasteiger partial charge in [0.25, 0.3) is 0 Å². The van der Waals surface area contributed by atoms with Crippen molar-refractivity contribution in [2.45, 2.75) is 39.8 Å². The Kier molecular flexibility index (Phi) is 4.61. The van der Waals surface area contributed by atoms with E-state index in [1.807, 2.05) is 20.8 Å². The summed E-state index contributed by atoms with van der Waals surface area (Å²) in [7, 11) is 0. The smallest absolute Gasteiger partial charge is 0.315 e. The number of urea groups is 1. The van der Waals surface area contributed by atoms with Crippen molar-refractivity contribution in [1.82, 2.24) is 36.2 Å². The number of hydrogen-bond donors (Lipinski definition) is 3. The fourth-order valence-electron chi connectivity index (χ4n) is 1.61. The number of nitrogens with zero attached hydrogens (tertiary/aromatic N) is 4. The van der Waals surface area contributed by atoms with Gasteiger partial charge in [-0.1, -0.05) is 12.1 Å². The lowest BCUT2D eigenvalue weighted by Crippen LogP contribution is -2.37. The summed E-state index contributed by atoms with van der Waals surface area (Å²) in [6.45, 7) is 6.24. The van der Waals surface area contributed by atoms with Crippen LogP contribution in [0.15, 0.2) is 0 Å². The molecule has 108 valence electrons. The minimum Gasteiger partial charge on any atom is -0.331 e. The fourth-order valence-corrected chi connectivity index (χ4v) is 2.67. The summed E-state index contributed by atoms with van der Waals surface area (Å²) in [5, 5.41) is 19.8. The van der Waals surface area contributed by atoms with Crippen molar-refractivity contribution in [1.29, 1.82) is 0 Å². The number of thiazole rings is 1. The van der Waals surface area contributed by atoms with E-state index in [9.17, 15) is 4.79 Å². The van der Waals surface area contributed by atoms with Crippen LogP contribution in [0.3, 0.4) is 0 Å². The summed E-state index contributed by atoms with van der Waals surface area (Å²) in [6.07, 6.45) is 0.780. The van der Waals surface area contributed by atoms with Crippen molar-refractivity contribution >= 4 is 17.4 Å². The van der Waals surface area contributed by atoms with Gasteiger partial charge >= 0.3 is 6.03 Å². The van der Waals surface area contributed by atoms with Gasteiger partial charge in [-0.15, -0.1) is 21.5 Å². The molecule has 0 fully saturated rings. The van der Waals surface area contributed by atoms with Gasteiger partial charge in [-0.05, 0) is 20.3 Å². The molecule has 0 aliphatic heterocycles. The zero-order valence-electron chi connectivity index (χ0n) is 11.6. The summed E-state index contributed by atoms with van der Waals surface area (Å²) in [5.74, 6) is 0.439. The summed E-state index contributed by atoms with van der Waals surface area (Å²) in [6, 6.07) is -0.357. The summed E-state index contributed by atoms with van der Waals surface area (Å²) in [4.78, 5) is 17.5. The van der Waals surface area contributed by atoms with Crippen molar-refractivity contribution in [3.05, 3.63) is 21.4 Å². The van der Waals surface area contributed by atoms with Gasteiger partial charge in [0.1, 0.15) is 5.01 Å². The average molecular weight is 295 g/mol. The van der Waals surface area contributed by atoms with Crippen molar-refractivity contribution in [3.8, 4) is 0 Å². The van der Waals surface area contributed by atoms with Crippen molar-refractivity contribution < 1.29 is 4.79 Å². The Labute approximate surface area is 120 Å². The first-order valence-corrected chi connectivity index (χ1v) is 7.12. The summed E-state index contributed by atoms with van der Waals surface area (Å²) in [5.41, 5.74) is 1.01. The molecule has 2 rings (SSSR count).